The zero-order valence-corrected chi connectivity index (χ0v) is 60.1. The Morgan fingerprint density at radius 3 is 0.278 bits per heavy atom. The molecule has 0 aliphatic carbocycles. The number of methoxy groups -OCH3 is 3. The van der Waals surface area contributed by atoms with Crippen LogP contribution in [0.5, 0.6) is 0 Å². The second-order valence-corrected chi connectivity index (χ2v) is 3.22. The van der Waals surface area contributed by atoms with E-state index in [0.717, 1.165) is 19.8 Å². The number of ether oxygens (including phenoxy) is 3. The minimum absolute atomic E-state index is 0. The second-order valence-electron chi connectivity index (χ2n) is 3.22. The summed E-state index contributed by atoms with van der Waals surface area (Å²) in [5.41, 5.74) is 0. The van der Waals surface area contributed by atoms with Gasteiger partial charge in [0.15, 0.2) is 0 Å². The maximum absolute atomic E-state index is 7.61. The summed E-state index contributed by atoms with van der Waals surface area (Å²) >= 11 is 0. The van der Waals surface area contributed by atoms with E-state index >= 15 is 0 Å². The van der Waals surface area contributed by atoms with Crippen LogP contribution in [0.25, 0.3) is 4.85 Å². The molecule has 0 unspecified atom stereocenters. The van der Waals surface area contributed by atoms with Gasteiger partial charge in [-0.1, -0.05) is 380 Å². The van der Waals surface area contributed by atoms with Crippen LogP contribution in [0, 0.1) is 6.57 Å². The van der Waals surface area contributed by atoms with Gasteiger partial charge in [-0.3, -0.25) is 0 Å². The summed E-state index contributed by atoms with van der Waals surface area (Å²) in [4.78, 5) is 2.75. The van der Waals surface area contributed by atoms with Crippen molar-refractivity contribution in [2.24, 2.45) is 0 Å². The number of hydrogen-bond donors (Lipinski definition) is 4. The Labute approximate surface area is 533 Å². The monoisotopic (exact) mass is 1200 g/mol. The van der Waals surface area contributed by atoms with Crippen molar-refractivity contribution in [1.29, 1.82) is 0 Å². The minimum Gasteiger partial charge on any atom is -0.427 e. The highest BCUT2D eigenvalue weighted by Crippen LogP contribution is 1.53. The molecule has 79 heavy (non-hydrogen) atoms. The molecule has 0 amide bonds. The van der Waals surface area contributed by atoms with Crippen LogP contribution in [0.4, 0.5) is 0 Å². The average Bonchev–Trinajstić information content (AvgIpc) is 3.48. The third kappa shape index (κ3) is 84600. The standard InChI is InChI=1S/3C3H8O.C2H3N.2C2H6O.21C2H6.CH5BO2.12CH4/c3*1-3-4-2;1-3-2;2*1-2-3;21*1-2;1-2(3)4;;;;;;;;;;;;/h3*3H2,1-2H3;1H3;2*3H,2H2,1H3;21*1-2H3;3-4H,1H3;12*1H4. The summed E-state index contributed by atoms with van der Waals surface area (Å²) in [6.07, 6.45) is 0. The molecule has 0 radical (unpaired) electrons. The summed E-state index contributed by atoms with van der Waals surface area (Å²) in [5.74, 6) is 0. The Morgan fingerprint density at radius 2 is 0.278 bits per heavy atom. The molecule has 0 aromatic heterocycles. The molecule has 4 N–H and O–H groups in total. The molecule has 0 atom stereocenters. The molecule has 0 aliphatic heterocycles. The molecule has 0 aromatic rings. The van der Waals surface area contributed by atoms with Gasteiger partial charge in [0.2, 0.25) is 7.05 Å². The minimum atomic E-state index is -1.17. The lowest BCUT2D eigenvalue weighted by Gasteiger charge is -1.76. The molecule has 0 aromatic carbocycles. The molecule has 0 bridgehead atoms. The SMILES string of the molecule is C.C.C.C.C.C.C.C.C.C.C.C.CB(O)O.CC.CC.CC.CC.CC.CC.CC.CC.CC.CC.CC.CC.CC.CC.CC.CC.CC.CC.CC.CC.CC.CCO.CCO.CCOC.CCOC.CCOC.[C-]#[N+]C. The van der Waals surface area contributed by atoms with Gasteiger partial charge in [-0.2, -0.15) is 0 Å². The lowest BCUT2D eigenvalue weighted by molar-refractivity contribution is 0.215. The zero-order chi connectivity index (χ0) is 63.9. The lowest BCUT2D eigenvalue weighted by atomic mass is 9.99. The summed E-state index contributed by atoms with van der Waals surface area (Å²) < 4.78 is 13.6. The first-order chi connectivity index (χ1) is 32.7. The fourth-order valence-corrected chi connectivity index (χ4v) is 0. The van der Waals surface area contributed by atoms with E-state index < -0.39 is 7.12 Å². The van der Waals surface area contributed by atoms with Crippen molar-refractivity contribution < 1.29 is 34.5 Å². The van der Waals surface area contributed by atoms with Crippen molar-refractivity contribution in [3.05, 3.63) is 11.4 Å². The molecular formula is C70H218BNO7. The molecule has 0 rings (SSSR count). The van der Waals surface area contributed by atoms with Gasteiger partial charge < -0.3 is 39.3 Å². The van der Waals surface area contributed by atoms with Crippen LogP contribution in [-0.4, -0.2) is 88.8 Å². The highest BCUT2D eigenvalue weighted by molar-refractivity contribution is 6.38. The summed E-state index contributed by atoms with van der Waals surface area (Å²) in [6, 6.07) is 0. The van der Waals surface area contributed by atoms with E-state index in [-0.39, 0.29) is 102 Å². The predicted octanol–water partition coefficient (Wildman–Crippen LogP) is 30.8. The van der Waals surface area contributed by atoms with E-state index in [2.05, 4.69) is 19.1 Å². The van der Waals surface area contributed by atoms with Crippen molar-refractivity contribution in [3.63, 3.8) is 0 Å². The van der Waals surface area contributed by atoms with E-state index in [9.17, 15) is 0 Å². The second kappa shape index (κ2) is 3540. The number of nitrogens with zero attached hydrogens (tertiary/aromatic N) is 1. The summed E-state index contributed by atoms with van der Waals surface area (Å²) in [6.45, 7) is 103. The number of aliphatic hydroxyl groups excluding tert-OH is 2. The maximum atomic E-state index is 7.61. The fourth-order valence-electron chi connectivity index (χ4n) is 0. The molecule has 0 fully saturated rings. The molecule has 0 aliphatic rings. The zero-order valence-electron chi connectivity index (χ0n) is 60.1. The molecule has 0 heterocycles. The van der Waals surface area contributed by atoms with E-state index in [1.165, 1.54) is 13.9 Å². The highest BCUT2D eigenvalue weighted by atomic mass is 16.5. The fraction of sp³-hybridized carbons (Fsp3) is 0.986. The first-order valence-electron chi connectivity index (χ1n) is 29.0. The van der Waals surface area contributed by atoms with Crippen LogP contribution in [0.3, 0.4) is 0 Å². The van der Waals surface area contributed by atoms with Gasteiger partial charge in [-0.25, -0.2) is 6.57 Å². The normalized spacial score (nSPS) is 3.63. The Kier molecular flexibility index (Phi) is 14300. The van der Waals surface area contributed by atoms with Crippen molar-refractivity contribution in [1.82, 2.24) is 0 Å². The van der Waals surface area contributed by atoms with Crippen LogP contribution in [-0.2, 0) is 14.2 Å². The Bertz CT molecular complexity index is 156. The number of aliphatic hydroxyl groups is 2. The van der Waals surface area contributed by atoms with Gasteiger partial charge >= 0.3 is 7.12 Å². The van der Waals surface area contributed by atoms with E-state index in [1.807, 2.05) is 312 Å². The first kappa shape index (κ1) is 319. The largest absolute Gasteiger partial charge is 0.448 e. The molecule has 0 saturated heterocycles. The smallest absolute Gasteiger partial charge is 0.427 e. The third-order valence-corrected chi connectivity index (χ3v) is 0.866. The predicted molar refractivity (Wildman–Crippen MR) is 426 cm³/mol. The van der Waals surface area contributed by atoms with Crippen molar-refractivity contribution in [3.8, 4) is 0 Å². The number of hydrogen-bond acceptors (Lipinski definition) is 7. The van der Waals surface area contributed by atoms with Crippen LogP contribution in [0.15, 0.2) is 0 Å². The molecule has 0 spiro atoms. The Morgan fingerprint density at radius 1 is 0.266 bits per heavy atom. The molecule has 0 saturated carbocycles. The maximum Gasteiger partial charge on any atom is 0.448 e. The third-order valence-electron chi connectivity index (χ3n) is 0.866. The molecule has 9 heteroatoms. The van der Waals surface area contributed by atoms with Crippen LogP contribution < -0.4 is 0 Å². The Hall–Kier alpha value is -0.725. The quantitative estimate of drug-likeness (QED) is 0.164. The van der Waals surface area contributed by atoms with Gasteiger partial charge in [-0.15, -0.1) is 0 Å². The van der Waals surface area contributed by atoms with Crippen LogP contribution in [0.1, 0.15) is 415 Å². The molecule has 548 valence electrons. The molecular weight excluding hydrogens is 978 g/mol. The van der Waals surface area contributed by atoms with Crippen molar-refractivity contribution >= 4 is 7.12 Å². The highest BCUT2D eigenvalue weighted by Gasteiger charge is 1.86. The van der Waals surface area contributed by atoms with E-state index in [1.54, 1.807) is 35.2 Å². The van der Waals surface area contributed by atoms with Crippen LogP contribution >= 0.6 is 0 Å². The van der Waals surface area contributed by atoms with E-state index in [0.29, 0.717) is 0 Å². The summed E-state index contributed by atoms with van der Waals surface area (Å²) in [7, 11) is 5.29. The van der Waals surface area contributed by atoms with E-state index in [4.69, 9.17) is 26.8 Å². The van der Waals surface area contributed by atoms with Gasteiger partial charge in [0, 0.05) is 54.4 Å². The van der Waals surface area contributed by atoms with Crippen molar-refractivity contribution in [2.75, 3.05) is 61.4 Å². The van der Waals surface area contributed by atoms with Gasteiger partial charge in [0.25, 0.3) is 0 Å². The Balaban J connectivity index is -0.00000000525. The average molecular weight is 1200 g/mol. The van der Waals surface area contributed by atoms with Gasteiger partial charge in [0.1, 0.15) is 0 Å². The first-order valence-corrected chi connectivity index (χ1v) is 29.0. The van der Waals surface area contributed by atoms with Crippen molar-refractivity contribution in [2.45, 2.75) is 421 Å². The topological polar surface area (TPSA) is 113 Å². The number of rotatable bonds is 3. The van der Waals surface area contributed by atoms with Crippen LogP contribution in [0.2, 0.25) is 6.82 Å². The lowest BCUT2D eigenvalue weighted by Crippen LogP contribution is -2.00. The van der Waals surface area contributed by atoms with Gasteiger partial charge in [-0.05, 0) is 41.4 Å². The summed E-state index contributed by atoms with van der Waals surface area (Å²) in [5, 5.41) is 30.4. The van der Waals surface area contributed by atoms with Gasteiger partial charge in [0.05, 0.1) is 0 Å². The molecule has 8 nitrogen and oxygen atoms in total.